The molecule has 28 heavy (non-hydrogen) atoms. The Hall–Kier alpha value is -3.40. The molecule has 1 saturated heterocycles. The van der Waals surface area contributed by atoms with Gasteiger partial charge in [0, 0.05) is 12.1 Å². The molecule has 140 valence electrons. The number of aliphatic imine (C=N–C) groups is 1. The van der Waals surface area contributed by atoms with Crippen molar-refractivity contribution in [2.24, 2.45) is 4.99 Å². The minimum atomic E-state index is 0.00763. The highest BCUT2D eigenvalue weighted by atomic mass is 16.5. The number of hydrogen-bond donors (Lipinski definition) is 0. The van der Waals surface area contributed by atoms with Crippen LogP contribution in [0.3, 0.4) is 0 Å². The van der Waals surface area contributed by atoms with Crippen molar-refractivity contribution in [1.29, 1.82) is 0 Å². The van der Waals surface area contributed by atoms with Crippen LogP contribution in [-0.2, 0) is 4.79 Å². The van der Waals surface area contributed by atoms with Crippen LogP contribution in [0.25, 0.3) is 0 Å². The number of benzene rings is 3. The van der Waals surface area contributed by atoms with Crippen molar-refractivity contribution in [3.63, 3.8) is 0 Å². The number of para-hydroxylation sites is 1. The summed E-state index contributed by atoms with van der Waals surface area (Å²) in [5.74, 6) is 1.74. The second-order valence-electron chi connectivity index (χ2n) is 6.85. The van der Waals surface area contributed by atoms with Crippen LogP contribution in [-0.4, -0.2) is 18.2 Å². The maximum Gasteiger partial charge on any atom is 0.167 e. The highest BCUT2D eigenvalue weighted by Crippen LogP contribution is 2.40. The topological polar surface area (TPSA) is 41.9 Å². The lowest BCUT2D eigenvalue weighted by molar-refractivity contribution is -0.118. The number of carbonyl (C=O) groups is 1. The molecule has 0 spiro atoms. The highest BCUT2D eigenvalue weighted by molar-refractivity contribution is 6.06. The predicted molar refractivity (Wildman–Crippen MR) is 112 cm³/mol. The van der Waals surface area contributed by atoms with Gasteiger partial charge in [0.15, 0.2) is 5.78 Å². The van der Waals surface area contributed by atoms with Crippen LogP contribution in [0.15, 0.2) is 89.9 Å². The normalized spacial score (nSPS) is 17.2. The lowest BCUT2D eigenvalue weighted by Gasteiger charge is -2.44. The summed E-state index contributed by atoms with van der Waals surface area (Å²) in [5, 5.41) is 0. The first-order valence-corrected chi connectivity index (χ1v) is 9.40. The first-order chi connectivity index (χ1) is 13.7. The number of amidine groups is 1. The minimum absolute atomic E-state index is 0.00763. The average molecular weight is 370 g/mol. The second kappa shape index (κ2) is 8.09. The Bertz CT molecular complexity index is 967. The third kappa shape index (κ3) is 3.96. The van der Waals surface area contributed by atoms with E-state index in [1.165, 1.54) is 12.5 Å². The third-order valence-corrected chi connectivity index (χ3v) is 4.72. The molecule has 3 aromatic rings. The quantitative estimate of drug-likeness (QED) is 0.588. The van der Waals surface area contributed by atoms with Gasteiger partial charge >= 0.3 is 0 Å². The van der Waals surface area contributed by atoms with Gasteiger partial charge in [0.1, 0.15) is 18.2 Å². The van der Waals surface area contributed by atoms with E-state index in [-0.39, 0.29) is 18.4 Å². The zero-order chi connectivity index (χ0) is 19.3. The Kier molecular flexibility index (Phi) is 5.20. The Morgan fingerprint density at radius 2 is 1.61 bits per heavy atom. The summed E-state index contributed by atoms with van der Waals surface area (Å²) in [6, 6.07) is 28.6. The highest BCUT2D eigenvalue weighted by Gasteiger charge is 2.36. The Balaban J connectivity index is 1.62. The molecule has 1 unspecified atom stereocenters. The van der Waals surface area contributed by atoms with E-state index in [2.05, 4.69) is 29.2 Å². The van der Waals surface area contributed by atoms with Crippen molar-refractivity contribution in [2.75, 3.05) is 11.5 Å². The van der Waals surface area contributed by atoms with Gasteiger partial charge in [-0.15, -0.1) is 0 Å². The number of anilines is 1. The van der Waals surface area contributed by atoms with Crippen molar-refractivity contribution in [2.45, 2.75) is 19.4 Å². The van der Waals surface area contributed by atoms with Crippen LogP contribution in [0.4, 0.5) is 11.4 Å². The fraction of sp³-hybridized carbons (Fsp3) is 0.167. The maximum absolute atomic E-state index is 11.1. The fourth-order valence-corrected chi connectivity index (χ4v) is 3.34. The van der Waals surface area contributed by atoms with E-state index in [1.807, 2.05) is 60.7 Å². The molecule has 1 atom stereocenters. The largest absolute Gasteiger partial charge is 0.486 e. The molecule has 0 aromatic heterocycles. The van der Waals surface area contributed by atoms with Gasteiger partial charge in [0.2, 0.25) is 0 Å². The standard InChI is InChI=1S/C24H22N2O2/c1-18(27)17-28-22-14-12-21(13-15-22)26-23(19-8-4-2-5-9-19)16-24(26)25-20-10-6-3-7-11-20/h2-15,23H,16-17H2,1H3. The van der Waals surface area contributed by atoms with E-state index < -0.39 is 0 Å². The number of ether oxygens (including phenoxy) is 1. The molecule has 0 radical (unpaired) electrons. The summed E-state index contributed by atoms with van der Waals surface area (Å²) < 4.78 is 5.49. The lowest BCUT2D eigenvalue weighted by atomic mass is 9.92. The van der Waals surface area contributed by atoms with Crippen LogP contribution >= 0.6 is 0 Å². The van der Waals surface area contributed by atoms with Crippen molar-refractivity contribution < 1.29 is 9.53 Å². The SMILES string of the molecule is CC(=O)COc1ccc(N2C(=Nc3ccccc3)CC2c2ccccc2)cc1. The molecule has 4 nitrogen and oxygen atoms in total. The molecule has 0 bridgehead atoms. The molecule has 3 aromatic carbocycles. The van der Waals surface area contributed by atoms with Crippen LogP contribution < -0.4 is 9.64 Å². The summed E-state index contributed by atoms with van der Waals surface area (Å²) >= 11 is 0. The molecule has 0 saturated carbocycles. The van der Waals surface area contributed by atoms with Crippen molar-refractivity contribution in [3.8, 4) is 5.75 Å². The number of nitrogens with zero attached hydrogens (tertiary/aromatic N) is 2. The van der Waals surface area contributed by atoms with Gasteiger partial charge in [-0.1, -0.05) is 48.5 Å². The van der Waals surface area contributed by atoms with Gasteiger partial charge in [-0.25, -0.2) is 4.99 Å². The van der Waals surface area contributed by atoms with Crippen LogP contribution in [0.1, 0.15) is 24.9 Å². The molecule has 1 aliphatic heterocycles. The van der Waals surface area contributed by atoms with Crippen LogP contribution in [0.2, 0.25) is 0 Å². The molecule has 1 fully saturated rings. The number of carbonyl (C=O) groups excluding carboxylic acids is 1. The van der Waals surface area contributed by atoms with Gasteiger partial charge in [-0.2, -0.15) is 0 Å². The summed E-state index contributed by atoms with van der Waals surface area (Å²) in [4.78, 5) is 18.2. The van der Waals surface area contributed by atoms with E-state index >= 15 is 0 Å². The van der Waals surface area contributed by atoms with E-state index in [4.69, 9.17) is 9.73 Å². The van der Waals surface area contributed by atoms with E-state index in [9.17, 15) is 4.79 Å². The minimum Gasteiger partial charge on any atom is -0.486 e. The lowest BCUT2D eigenvalue weighted by Crippen LogP contribution is -2.46. The van der Waals surface area contributed by atoms with E-state index in [0.29, 0.717) is 5.75 Å². The zero-order valence-corrected chi connectivity index (χ0v) is 15.8. The predicted octanol–water partition coefficient (Wildman–Crippen LogP) is 5.34. The molecule has 0 N–H and O–H groups in total. The zero-order valence-electron chi connectivity index (χ0n) is 15.8. The molecule has 0 amide bonds. The molecular formula is C24H22N2O2. The molecule has 4 heteroatoms. The van der Waals surface area contributed by atoms with Crippen LogP contribution in [0, 0.1) is 0 Å². The van der Waals surface area contributed by atoms with E-state index in [1.54, 1.807) is 0 Å². The van der Waals surface area contributed by atoms with Gasteiger partial charge in [0.05, 0.1) is 11.7 Å². The molecule has 4 rings (SSSR count). The smallest absolute Gasteiger partial charge is 0.167 e. The van der Waals surface area contributed by atoms with Gasteiger partial charge in [-0.3, -0.25) is 4.79 Å². The number of rotatable bonds is 6. The number of hydrogen-bond acceptors (Lipinski definition) is 3. The molecule has 0 aliphatic carbocycles. The Morgan fingerprint density at radius 1 is 0.964 bits per heavy atom. The maximum atomic E-state index is 11.1. The first kappa shape index (κ1) is 18.0. The summed E-state index contributed by atoms with van der Waals surface area (Å²) in [5.41, 5.74) is 3.28. The second-order valence-corrected chi connectivity index (χ2v) is 6.85. The van der Waals surface area contributed by atoms with E-state index in [0.717, 1.165) is 23.6 Å². The van der Waals surface area contributed by atoms with Gasteiger partial charge < -0.3 is 9.64 Å². The Morgan fingerprint density at radius 3 is 2.25 bits per heavy atom. The number of Topliss-reactive ketones (excluding diaryl/α,β-unsaturated/α-hetero) is 1. The third-order valence-electron chi connectivity index (χ3n) is 4.72. The van der Waals surface area contributed by atoms with Gasteiger partial charge in [-0.05, 0) is 48.9 Å². The Labute approximate surface area is 165 Å². The fourth-order valence-electron chi connectivity index (χ4n) is 3.34. The summed E-state index contributed by atoms with van der Waals surface area (Å²) in [7, 11) is 0. The van der Waals surface area contributed by atoms with Crippen LogP contribution in [0.5, 0.6) is 5.75 Å². The van der Waals surface area contributed by atoms with Crippen molar-refractivity contribution in [1.82, 2.24) is 0 Å². The van der Waals surface area contributed by atoms with Crippen molar-refractivity contribution in [3.05, 3.63) is 90.5 Å². The molecule has 1 heterocycles. The van der Waals surface area contributed by atoms with Crippen molar-refractivity contribution >= 4 is 23.0 Å². The molecule has 1 aliphatic rings. The average Bonchev–Trinajstić information content (AvgIpc) is 2.71. The summed E-state index contributed by atoms with van der Waals surface area (Å²) in [6.07, 6.45) is 0.890. The molecular weight excluding hydrogens is 348 g/mol. The number of ketones is 1. The monoisotopic (exact) mass is 370 g/mol. The van der Waals surface area contributed by atoms with Gasteiger partial charge in [0.25, 0.3) is 0 Å². The first-order valence-electron chi connectivity index (χ1n) is 9.40. The summed E-state index contributed by atoms with van der Waals surface area (Å²) in [6.45, 7) is 1.61.